The van der Waals surface area contributed by atoms with E-state index in [9.17, 15) is 101 Å². The van der Waals surface area contributed by atoms with Gasteiger partial charge in [-0.05, 0) is 33.1 Å². The van der Waals surface area contributed by atoms with Crippen LogP contribution in [0, 0.1) is 0 Å². The van der Waals surface area contributed by atoms with Crippen molar-refractivity contribution in [3.63, 3.8) is 0 Å². The molecule has 18 aliphatic heterocycles. The quantitative estimate of drug-likeness (QED) is 0.0704. The van der Waals surface area contributed by atoms with Crippen LogP contribution in [0.1, 0.15) is 22.3 Å². The third kappa shape index (κ3) is 39.5. The van der Waals surface area contributed by atoms with E-state index in [4.69, 9.17) is 14.6 Å². The number of rotatable bonds is 8. The van der Waals surface area contributed by atoms with Crippen molar-refractivity contribution in [3.05, 3.63) is 201 Å². The van der Waals surface area contributed by atoms with Crippen molar-refractivity contribution >= 4 is 78.3 Å². The molecule has 23 heterocycles. The van der Waals surface area contributed by atoms with E-state index in [1.807, 2.05) is 47.0 Å². The summed E-state index contributed by atoms with van der Waals surface area (Å²) in [6, 6.07) is 35.5. The van der Waals surface area contributed by atoms with Crippen LogP contribution >= 0.6 is 78.3 Å². The molecule has 8 nitrogen and oxygen atoms in total. The molecule has 504 valence electrons. The van der Waals surface area contributed by atoms with Crippen molar-refractivity contribution in [3.8, 4) is 22.3 Å². The van der Waals surface area contributed by atoms with Crippen LogP contribution < -0.4 is 18.3 Å². The van der Waals surface area contributed by atoms with E-state index in [0.717, 1.165) is 32.7 Å². The molecule has 2 aromatic carbocycles. The minimum Gasteiger partial charge on any atom is -0.394 e. The molecule has 0 saturated heterocycles. The maximum absolute atomic E-state index is 10.7. The SMILES string of the molecule is F[P-](F)(F)(F)(F)F.F[P-](F)(F)(F)(F)F.F[P-](F)(F)(F)(F)F.F[P-](F)(F)(F)(F)F.OCCOCCOCCn1cc2c(c1)SC(=C1SC=CS1)S2.c1cc2ccc1C[n+]1ccc(cc1)-c1cc[n+](cc1)Cc1ccc(cc1)C[n+]1ccc(cc1)-c1cc[n+](cc1)C2. The number of ether oxygens (including phenoxy) is 2. The molecule has 12 bridgehead atoms. The van der Waals surface area contributed by atoms with Gasteiger partial charge in [0.05, 0.1) is 41.5 Å². The summed E-state index contributed by atoms with van der Waals surface area (Å²) in [4.78, 5) is 2.68. The molecule has 0 saturated carbocycles. The molecule has 0 aliphatic carbocycles. The number of benzene rings is 2. The van der Waals surface area contributed by atoms with Crippen LogP contribution in [0.5, 0.6) is 0 Å². The van der Waals surface area contributed by atoms with Crippen LogP contribution in [0.2, 0.25) is 0 Å². The Kier molecular flexibility index (Phi) is 21.7. The zero-order valence-corrected chi connectivity index (χ0v) is 52.1. The summed E-state index contributed by atoms with van der Waals surface area (Å²) in [7, 11) is -42.6. The molecule has 0 atom stereocenters. The van der Waals surface area contributed by atoms with E-state index in [2.05, 4.69) is 193 Å². The smallest absolute Gasteiger partial charge is 0.173 e. The number of fused-ring (bicyclic) bond motifs is 1. The summed E-state index contributed by atoms with van der Waals surface area (Å²) in [5, 5.41) is 12.9. The molecule has 0 amide bonds. The van der Waals surface area contributed by atoms with E-state index < -0.39 is 31.2 Å². The fourth-order valence-corrected chi connectivity index (χ4v) is 12.0. The van der Waals surface area contributed by atoms with Crippen LogP contribution in [0.25, 0.3) is 22.3 Å². The monoisotopic (exact) mass is 1480 g/mol. The zero-order chi connectivity index (χ0) is 67.6. The molecule has 0 unspecified atom stereocenters. The Morgan fingerprint density at radius 2 is 0.578 bits per heavy atom. The maximum Gasteiger partial charge on any atom is 0.173 e. The summed E-state index contributed by atoms with van der Waals surface area (Å²) >= 11 is 7.34. The molecule has 5 aromatic heterocycles. The van der Waals surface area contributed by atoms with Gasteiger partial charge in [0.1, 0.15) is 0 Å². The molecule has 0 fully saturated rings. The molecular weight excluding hydrogens is 1430 g/mol. The van der Waals surface area contributed by atoms with Gasteiger partial charge in [-0.1, -0.05) is 95.6 Å². The Hall–Kier alpha value is -4.88. The summed E-state index contributed by atoms with van der Waals surface area (Å²) in [5.74, 6) is 0. The second-order valence-electron chi connectivity index (χ2n) is 19.0. The average molecular weight is 1480 g/mol. The van der Waals surface area contributed by atoms with Crippen molar-refractivity contribution in [2.24, 2.45) is 0 Å². The molecule has 0 radical (unpaired) electrons. The first kappa shape index (κ1) is 75.8. The predicted octanol–water partition coefficient (Wildman–Crippen LogP) is 22.0. The first-order chi connectivity index (χ1) is 40.4. The molecule has 0 spiro atoms. The van der Waals surface area contributed by atoms with Crippen molar-refractivity contribution in [2.75, 3.05) is 33.0 Å². The van der Waals surface area contributed by atoms with E-state index in [-0.39, 0.29) is 6.61 Å². The van der Waals surface area contributed by atoms with Gasteiger partial charge in [0.25, 0.3) is 0 Å². The van der Waals surface area contributed by atoms with Crippen LogP contribution in [0.3, 0.4) is 0 Å². The van der Waals surface area contributed by atoms with Crippen LogP contribution in [-0.2, 0) is 42.2 Å². The molecule has 1 N–H and O–H groups in total. The Morgan fingerprint density at radius 3 is 0.811 bits per heavy atom. The molecular formula is C50H49F24N5O3P4S4. The fraction of sp³-hybridized carbons (Fsp3) is 0.200. The third-order valence-electron chi connectivity index (χ3n) is 10.6. The normalized spacial score (nSPS) is 16.9. The second-order valence-corrected chi connectivity index (χ2v) is 31.1. The van der Waals surface area contributed by atoms with Crippen molar-refractivity contribution in [2.45, 2.75) is 42.5 Å². The third-order valence-corrected chi connectivity index (χ3v) is 15.8. The van der Waals surface area contributed by atoms with E-state index in [1.165, 1.54) is 62.8 Å². The van der Waals surface area contributed by atoms with Crippen molar-refractivity contribution < 1.29 is 134 Å². The Bertz CT molecular complexity index is 3160. The number of hydrogen-bond acceptors (Lipinski definition) is 7. The topological polar surface area (TPSA) is 59.1 Å². The van der Waals surface area contributed by atoms with Gasteiger partial charge in [-0.25, -0.2) is 18.3 Å². The average Bonchev–Trinajstić information content (AvgIpc) is 1.04. The number of aromatic nitrogens is 5. The summed E-state index contributed by atoms with van der Waals surface area (Å²) in [5.41, 5.74) is 10.1. The number of aliphatic hydroxyl groups is 1. The van der Waals surface area contributed by atoms with Crippen LogP contribution in [0.4, 0.5) is 101 Å². The summed E-state index contributed by atoms with van der Waals surface area (Å²) in [6.07, 6.45) is 21.8. The number of hydrogen-bond donors (Lipinski definition) is 1. The number of halogens is 24. The number of pyridine rings is 4. The van der Waals surface area contributed by atoms with Gasteiger partial charge in [-0.15, -0.1) is 0 Å². The van der Waals surface area contributed by atoms with Crippen molar-refractivity contribution in [1.82, 2.24) is 4.57 Å². The summed E-state index contributed by atoms with van der Waals surface area (Å²) in [6.45, 7) is 6.50. The number of aliphatic hydroxyl groups excluding tert-OH is 1. The van der Waals surface area contributed by atoms with E-state index in [1.54, 1.807) is 0 Å². The zero-order valence-electron chi connectivity index (χ0n) is 45.2. The van der Waals surface area contributed by atoms with Gasteiger partial charge in [0, 0.05) is 99.5 Å². The van der Waals surface area contributed by atoms with Crippen LogP contribution in [-0.4, -0.2) is 42.7 Å². The van der Waals surface area contributed by atoms with Gasteiger partial charge in [-0.2, -0.15) is 0 Å². The minimum absolute atomic E-state index is 0.0650. The van der Waals surface area contributed by atoms with Gasteiger partial charge in [0.2, 0.25) is 0 Å². The Morgan fingerprint density at radius 1 is 0.344 bits per heavy atom. The molecule has 25 rings (SSSR count). The fourth-order valence-electron chi connectivity index (χ4n) is 7.28. The number of nitrogens with zero attached hydrogens (tertiary/aromatic N) is 5. The number of thioether (sulfide) groups is 4. The van der Waals surface area contributed by atoms with Crippen LogP contribution in [0.15, 0.2) is 188 Å². The van der Waals surface area contributed by atoms with E-state index >= 15 is 0 Å². The first-order valence-electron chi connectivity index (χ1n) is 24.8. The Balaban J connectivity index is 0.000000245. The molecule has 18 aliphatic rings. The van der Waals surface area contributed by atoms with Gasteiger partial charge >= 0.3 is 132 Å². The van der Waals surface area contributed by atoms with Gasteiger partial charge < -0.3 is 19.1 Å². The summed E-state index contributed by atoms with van der Waals surface area (Å²) < 4.78 is 261. The standard InChI is InChI=1S/C36H32N4.C14H17NO3S4.4F6P/c1-2-30-4-3-29(1)25-37-17-9-33(10-18-37)35-13-21-39(22-14-35)27-31-5-7-32(8-6-31)28-40-23-15-36(16-24-40)34-11-19-38(26-30)20-12-34;16-2-4-18-6-5-17-3-1-15-9-11-12(10-15)22-14(21-11)13-19-7-8-20-13;4*1-7(2,3,4,5)6/h1-24H,25-28H2;7-10,16H,1-6H2;;;;/q+4;;4*-1. The first-order valence-corrected chi connectivity index (χ1v) is 36.3. The largest absolute Gasteiger partial charge is 0.394 e. The minimum atomic E-state index is -10.7. The van der Waals surface area contributed by atoms with E-state index in [0.29, 0.717) is 26.4 Å². The van der Waals surface area contributed by atoms with Gasteiger partial charge in [0.15, 0.2) is 75.8 Å². The second kappa shape index (κ2) is 25.8. The van der Waals surface area contributed by atoms with Gasteiger partial charge in [-0.3, -0.25) is 0 Å². The molecule has 40 heteroatoms. The Labute approximate surface area is 512 Å². The molecule has 90 heavy (non-hydrogen) atoms. The van der Waals surface area contributed by atoms with Crippen molar-refractivity contribution in [1.29, 1.82) is 0 Å². The maximum atomic E-state index is 9.87. The predicted molar refractivity (Wildman–Crippen MR) is 304 cm³/mol. The molecule has 7 aromatic rings.